The van der Waals surface area contributed by atoms with E-state index in [4.69, 9.17) is 9.72 Å². The molecule has 0 aromatic carbocycles. The van der Waals surface area contributed by atoms with Crippen LogP contribution in [0.1, 0.15) is 54.7 Å². The fourth-order valence-electron chi connectivity index (χ4n) is 5.00. The molecule has 0 radical (unpaired) electrons. The number of likely N-dealkylation sites (tertiary alicyclic amines) is 1. The van der Waals surface area contributed by atoms with Gasteiger partial charge in [0.05, 0.1) is 12.3 Å². The number of ether oxygens (including phenoxy) is 1. The van der Waals surface area contributed by atoms with Crippen LogP contribution in [0.4, 0.5) is 5.95 Å². The number of hydrogen-bond acceptors (Lipinski definition) is 7. The number of anilines is 1. The molecule has 2 saturated heterocycles. The molecule has 29 heavy (non-hydrogen) atoms. The Morgan fingerprint density at radius 3 is 2.66 bits per heavy atom. The van der Waals surface area contributed by atoms with Gasteiger partial charge in [-0.1, -0.05) is 0 Å². The number of aromatic nitrogens is 4. The Morgan fingerprint density at radius 2 is 1.83 bits per heavy atom. The van der Waals surface area contributed by atoms with E-state index >= 15 is 0 Å². The first-order valence-corrected chi connectivity index (χ1v) is 11.0. The third-order valence-electron chi connectivity index (χ3n) is 6.44. The van der Waals surface area contributed by atoms with Crippen molar-refractivity contribution in [2.75, 3.05) is 37.7 Å². The molecule has 2 aromatic heterocycles. The SMILES string of the molecule is Cc1ncc2c(n1)[C@@]1(CCCN(Cc3cnc(N4CCCCC4)nc3)C1)OCC2. The summed E-state index contributed by atoms with van der Waals surface area (Å²) in [5.74, 6) is 1.70. The maximum absolute atomic E-state index is 6.38. The molecule has 2 fully saturated rings. The Balaban J connectivity index is 1.30. The van der Waals surface area contributed by atoms with Crippen LogP contribution in [0, 0.1) is 6.92 Å². The van der Waals surface area contributed by atoms with Crippen molar-refractivity contribution in [3.63, 3.8) is 0 Å². The van der Waals surface area contributed by atoms with Crippen molar-refractivity contribution in [2.45, 2.75) is 57.6 Å². The molecule has 0 bridgehead atoms. The smallest absolute Gasteiger partial charge is 0.225 e. The zero-order valence-electron chi connectivity index (χ0n) is 17.3. The van der Waals surface area contributed by atoms with Crippen molar-refractivity contribution in [2.24, 2.45) is 0 Å². The van der Waals surface area contributed by atoms with Gasteiger partial charge in [0.2, 0.25) is 5.95 Å². The minimum atomic E-state index is -0.297. The highest BCUT2D eigenvalue weighted by molar-refractivity contribution is 5.31. The fraction of sp³-hybridized carbons (Fsp3) is 0.636. The first-order chi connectivity index (χ1) is 14.2. The first kappa shape index (κ1) is 18.9. The average Bonchev–Trinajstić information content (AvgIpc) is 2.76. The molecule has 5 rings (SSSR count). The topological polar surface area (TPSA) is 67.3 Å². The summed E-state index contributed by atoms with van der Waals surface area (Å²) in [7, 11) is 0. The lowest BCUT2D eigenvalue weighted by Gasteiger charge is -2.45. The van der Waals surface area contributed by atoms with Crippen LogP contribution in [-0.4, -0.2) is 57.6 Å². The Morgan fingerprint density at radius 1 is 1.00 bits per heavy atom. The van der Waals surface area contributed by atoms with Crippen LogP contribution in [0.15, 0.2) is 18.6 Å². The van der Waals surface area contributed by atoms with E-state index in [-0.39, 0.29) is 5.60 Å². The van der Waals surface area contributed by atoms with E-state index in [0.717, 1.165) is 81.6 Å². The number of rotatable bonds is 3. The van der Waals surface area contributed by atoms with E-state index in [0.29, 0.717) is 0 Å². The van der Waals surface area contributed by atoms with Crippen molar-refractivity contribution in [3.8, 4) is 0 Å². The molecule has 0 unspecified atom stereocenters. The van der Waals surface area contributed by atoms with Crippen molar-refractivity contribution in [3.05, 3.63) is 41.2 Å². The van der Waals surface area contributed by atoms with Gasteiger partial charge >= 0.3 is 0 Å². The van der Waals surface area contributed by atoms with Crippen LogP contribution in [0.3, 0.4) is 0 Å². The summed E-state index contributed by atoms with van der Waals surface area (Å²) in [6.45, 7) is 7.65. The normalized spacial score (nSPS) is 25.2. The summed E-state index contributed by atoms with van der Waals surface area (Å²) in [5, 5.41) is 0. The number of hydrogen-bond donors (Lipinski definition) is 0. The largest absolute Gasteiger partial charge is 0.367 e. The van der Waals surface area contributed by atoms with E-state index in [2.05, 4.69) is 24.8 Å². The molecule has 154 valence electrons. The third kappa shape index (κ3) is 3.85. The van der Waals surface area contributed by atoms with Gasteiger partial charge in [-0.25, -0.2) is 19.9 Å². The molecule has 0 amide bonds. The molecule has 3 aliphatic heterocycles. The molecular weight excluding hydrogens is 364 g/mol. The zero-order chi connectivity index (χ0) is 19.7. The lowest BCUT2D eigenvalue weighted by Crippen LogP contribution is -2.50. The quantitative estimate of drug-likeness (QED) is 0.793. The van der Waals surface area contributed by atoms with E-state index in [9.17, 15) is 0 Å². The van der Waals surface area contributed by atoms with Crippen molar-refractivity contribution in [1.29, 1.82) is 0 Å². The summed E-state index contributed by atoms with van der Waals surface area (Å²) in [6, 6.07) is 0. The number of nitrogens with zero attached hydrogens (tertiary/aromatic N) is 6. The van der Waals surface area contributed by atoms with E-state index in [1.54, 1.807) is 0 Å². The van der Waals surface area contributed by atoms with Crippen LogP contribution in [-0.2, 0) is 23.3 Å². The molecule has 7 heteroatoms. The Hall–Kier alpha value is -2.12. The van der Waals surface area contributed by atoms with Gasteiger partial charge in [0.1, 0.15) is 11.4 Å². The molecule has 1 spiro atoms. The fourth-order valence-corrected chi connectivity index (χ4v) is 5.00. The molecule has 7 nitrogen and oxygen atoms in total. The van der Waals surface area contributed by atoms with E-state index < -0.39 is 0 Å². The van der Waals surface area contributed by atoms with Gasteiger partial charge in [-0.3, -0.25) is 4.90 Å². The predicted molar refractivity (Wildman–Crippen MR) is 111 cm³/mol. The Bertz CT molecular complexity index is 851. The third-order valence-corrected chi connectivity index (χ3v) is 6.44. The maximum Gasteiger partial charge on any atom is 0.225 e. The highest BCUT2D eigenvalue weighted by Gasteiger charge is 2.43. The molecular formula is C22H30N6O. The van der Waals surface area contributed by atoms with E-state index in [1.807, 2.05) is 25.5 Å². The second-order valence-electron chi connectivity index (χ2n) is 8.64. The summed E-state index contributed by atoms with van der Waals surface area (Å²) >= 11 is 0. The lowest BCUT2D eigenvalue weighted by molar-refractivity contribution is -0.109. The van der Waals surface area contributed by atoms with Crippen LogP contribution in [0.25, 0.3) is 0 Å². The second-order valence-corrected chi connectivity index (χ2v) is 8.64. The van der Waals surface area contributed by atoms with Gasteiger partial charge in [-0.05, 0) is 57.6 Å². The molecule has 0 N–H and O–H groups in total. The standard InChI is InChI=1S/C22H30N6O/c1-17-23-14-19-6-11-29-22(20(19)26-17)7-5-8-27(16-22)15-18-12-24-21(25-13-18)28-9-3-2-4-10-28/h12-14H,2-11,15-16H2,1H3/t22-/m0/s1. The first-order valence-electron chi connectivity index (χ1n) is 11.0. The molecule has 1 atom stereocenters. The minimum Gasteiger partial charge on any atom is -0.367 e. The van der Waals surface area contributed by atoms with Crippen LogP contribution in [0.2, 0.25) is 0 Å². The lowest BCUT2D eigenvalue weighted by atomic mass is 9.84. The van der Waals surface area contributed by atoms with Gasteiger partial charge in [0, 0.05) is 50.3 Å². The Labute approximate surface area is 172 Å². The van der Waals surface area contributed by atoms with Gasteiger partial charge in [-0.2, -0.15) is 0 Å². The monoisotopic (exact) mass is 394 g/mol. The van der Waals surface area contributed by atoms with Crippen LogP contribution >= 0.6 is 0 Å². The van der Waals surface area contributed by atoms with Gasteiger partial charge in [0.25, 0.3) is 0 Å². The van der Waals surface area contributed by atoms with Gasteiger partial charge in [-0.15, -0.1) is 0 Å². The zero-order valence-corrected chi connectivity index (χ0v) is 17.3. The van der Waals surface area contributed by atoms with Gasteiger partial charge < -0.3 is 9.64 Å². The number of aryl methyl sites for hydroxylation is 1. The van der Waals surface area contributed by atoms with Gasteiger partial charge in [0.15, 0.2) is 0 Å². The summed E-state index contributed by atoms with van der Waals surface area (Å²) in [4.78, 5) is 23.3. The minimum absolute atomic E-state index is 0.297. The molecule has 5 heterocycles. The average molecular weight is 395 g/mol. The molecule has 2 aromatic rings. The van der Waals surface area contributed by atoms with E-state index in [1.165, 1.54) is 24.8 Å². The van der Waals surface area contributed by atoms with Crippen molar-refractivity contribution < 1.29 is 4.74 Å². The summed E-state index contributed by atoms with van der Waals surface area (Å²) in [5.41, 5.74) is 3.22. The molecule has 0 saturated carbocycles. The molecule has 0 aliphatic carbocycles. The number of piperidine rings is 2. The maximum atomic E-state index is 6.38. The number of fused-ring (bicyclic) bond motifs is 2. The molecule has 3 aliphatic rings. The summed E-state index contributed by atoms with van der Waals surface area (Å²) in [6.07, 6.45) is 12.8. The second kappa shape index (κ2) is 7.95. The van der Waals surface area contributed by atoms with Crippen LogP contribution < -0.4 is 4.90 Å². The predicted octanol–water partition coefficient (Wildman–Crippen LogP) is 2.63. The summed E-state index contributed by atoms with van der Waals surface area (Å²) < 4.78 is 6.38. The highest BCUT2D eigenvalue weighted by atomic mass is 16.5. The van der Waals surface area contributed by atoms with Crippen molar-refractivity contribution in [1.82, 2.24) is 24.8 Å². The highest BCUT2D eigenvalue weighted by Crippen LogP contribution is 2.39. The Kier molecular flexibility index (Phi) is 5.18. The van der Waals surface area contributed by atoms with Crippen LogP contribution in [0.5, 0.6) is 0 Å². The van der Waals surface area contributed by atoms with Crippen molar-refractivity contribution >= 4 is 5.95 Å².